The summed E-state index contributed by atoms with van der Waals surface area (Å²) < 4.78 is 10.8. The third kappa shape index (κ3) is 1.91. The van der Waals surface area contributed by atoms with Gasteiger partial charge in [0.15, 0.2) is 0 Å². The van der Waals surface area contributed by atoms with Gasteiger partial charge in [0, 0.05) is 0 Å². The highest BCUT2D eigenvalue weighted by atomic mass is 16.5. The van der Waals surface area contributed by atoms with E-state index in [1.807, 2.05) is 0 Å². The standard InChI is InChI=1S/C15H21NO2/c1-17-14-7-5-13(6-8-14)15(11-18-12-15)16-9-3-2-4-10-16/h5-8H,2-4,9-12H2,1H3. The van der Waals surface area contributed by atoms with E-state index in [0.29, 0.717) is 0 Å². The minimum Gasteiger partial charge on any atom is -0.497 e. The Morgan fingerprint density at radius 3 is 2.22 bits per heavy atom. The maximum atomic E-state index is 5.53. The van der Waals surface area contributed by atoms with Gasteiger partial charge in [-0.15, -0.1) is 0 Å². The highest BCUT2D eigenvalue weighted by molar-refractivity contribution is 5.33. The first-order valence-electron chi connectivity index (χ1n) is 6.82. The first kappa shape index (κ1) is 12.0. The Balaban J connectivity index is 1.85. The van der Waals surface area contributed by atoms with Crippen LogP contribution in [0.25, 0.3) is 0 Å². The second-order valence-electron chi connectivity index (χ2n) is 5.30. The number of piperidine rings is 1. The van der Waals surface area contributed by atoms with Crippen molar-refractivity contribution in [3.8, 4) is 5.75 Å². The number of benzene rings is 1. The van der Waals surface area contributed by atoms with E-state index in [0.717, 1.165) is 19.0 Å². The second-order valence-corrected chi connectivity index (χ2v) is 5.30. The van der Waals surface area contributed by atoms with Gasteiger partial charge in [0.2, 0.25) is 0 Å². The first-order chi connectivity index (χ1) is 8.85. The van der Waals surface area contributed by atoms with Gasteiger partial charge in [-0.05, 0) is 43.6 Å². The molecule has 98 valence electrons. The molecule has 1 aromatic carbocycles. The minimum absolute atomic E-state index is 0.132. The summed E-state index contributed by atoms with van der Waals surface area (Å²) in [5, 5.41) is 0. The van der Waals surface area contributed by atoms with Gasteiger partial charge in [-0.1, -0.05) is 18.6 Å². The fourth-order valence-corrected chi connectivity index (χ4v) is 3.05. The van der Waals surface area contributed by atoms with Crippen molar-refractivity contribution in [2.45, 2.75) is 24.8 Å². The molecular formula is C15H21NO2. The van der Waals surface area contributed by atoms with Crippen LogP contribution in [0.2, 0.25) is 0 Å². The van der Waals surface area contributed by atoms with Crippen LogP contribution >= 0.6 is 0 Å². The molecule has 2 aliphatic rings. The molecule has 0 N–H and O–H groups in total. The van der Waals surface area contributed by atoms with Crippen LogP contribution in [0.4, 0.5) is 0 Å². The van der Waals surface area contributed by atoms with E-state index in [1.54, 1.807) is 7.11 Å². The van der Waals surface area contributed by atoms with Crippen LogP contribution in [-0.2, 0) is 10.3 Å². The van der Waals surface area contributed by atoms with Crippen LogP contribution in [0.3, 0.4) is 0 Å². The Morgan fingerprint density at radius 1 is 1.06 bits per heavy atom. The summed E-state index contributed by atoms with van der Waals surface area (Å²) in [5.41, 5.74) is 1.50. The predicted octanol–water partition coefficient (Wildman–Crippen LogP) is 2.41. The minimum atomic E-state index is 0.132. The van der Waals surface area contributed by atoms with Gasteiger partial charge in [0.05, 0.1) is 25.9 Å². The average Bonchev–Trinajstić information content (AvgIpc) is 2.40. The molecule has 0 radical (unpaired) electrons. The van der Waals surface area contributed by atoms with Crippen molar-refractivity contribution in [3.63, 3.8) is 0 Å². The molecule has 0 spiro atoms. The van der Waals surface area contributed by atoms with E-state index >= 15 is 0 Å². The molecule has 1 aromatic rings. The van der Waals surface area contributed by atoms with E-state index in [-0.39, 0.29) is 5.54 Å². The normalized spacial score (nSPS) is 23.4. The topological polar surface area (TPSA) is 21.7 Å². The van der Waals surface area contributed by atoms with Crippen LogP contribution < -0.4 is 4.74 Å². The van der Waals surface area contributed by atoms with Crippen LogP contribution in [0, 0.1) is 0 Å². The van der Waals surface area contributed by atoms with Crippen LogP contribution in [0.15, 0.2) is 24.3 Å². The summed E-state index contributed by atoms with van der Waals surface area (Å²) >= 11 is 0. The summed E-state index contributed by atoms with van der Waals surface area (Å²) in [4.78, 5) is 2.61. The number of rotatable bonds is 3. The number of likely N-dealkylation sites (tertiary alicyclic amines) is 1. The van der Waals surface area contributed by atoms with Gasteiger partial charge in [-0.3, -0.25) is 4.90 Å². The molecule has 0 saturated carbocycles. The summed E-state index contributed by atoms with van der Waals surface area (Å²) in [7, 11) is 1.71. The number of hydrogen-bond donors (Lipinski definition) is 0. The van der Waals surface area contributed by atoms with Crippen LogP contribution in [0.5, 0.6) is 5.75 Å². The summed E-state index contributed by atoms with van der Waals surface area (Å²) in [6.45, 7) is 4.07. The molecule has 2 saturated heterocycles. The molecule has 2 aliphatic heterocycles. The van der Waals surface area contributed by atoms with Gasteiger partial charge in [-0.2, -0.15) is 0 Å². The second kappa shape index (κ2) is 4.90. The van der Waals surface area contributed by atoms with Crippen molar-refractivity contribution in [1.82, 2.24) is 4.90 Å². The van der Waals surface area contributed by atoms with E-state index in [4.69, 9.17) is 9.47 Å². The molecule has 0 atom stereocenters. The van der Waals surface area contributed by atoms with Gasteiger partial charge >= 0.3 is 0 Å². The molecule has 0 bridgehead atoms. The zero-order valence-corrected chi connectivity index (χ0v) is 11.0. The molecule has 2 heterocycles. The SMILES string of the molecule is COc1ccc(C2(N3CCCCC3)COC2)cc1. The van der Waals surface area contributed by atoms with Crippen LogP contribution in [0.1, 0.15) is 24.8 Å². The van der Waals surface area contributed by atoms with Crippen molar-refractivity contribution in [2.24, 2.45) is 0 Å². The molecule has 0 unspecified atom stereocenters. The summed E-state index contributed by atoms with van der Waals surface area (Å²) in [5.74, 6) is 0.924. The van der Waals surface area contributed by atoms with E-state index in [2.05, 4.69) is 29.2 Å². The Labute approximate surface area is 109 Å². The average molecular weight is 247 g/mol. The zero-order chi connectivity index (χ0) is 12.4. The maximum Gasteiger partial charge on any atom is 0.118 e. The molecule has 2 fully saturated rings. The highest BCUT2D eigenvalue weighted by Gasteiger charge is 2.45. The van der Waals surface area contributed by atoms with Crippen molar-refractivity contribution < 1.29 is 9.47 Å². The van der Waals surface area contributed by atoms with Crippen molar-refractivity contribution in [3.05, 3.63) is 29.8 Å². The van der Waals surface area contributed by atoms with Gasteiger partial charge in [0.1, 0.15) is 5.75 Å². The summed E-state index contributed by atoms with van der Waals surface area (Å²) in [6.07, 6.45) is 4.01. The molecule has 0 amide bonds. The maximum absolute atomic E-state index is 5.53. The highest BCUT2D eigenvalue weighted by Crippen LogP contribution is 2.38. The predicted molar refractivity (Wildman–Crippen MR) is 70.9 cm³/mol. The lowest BCUT2D eigenvalue weighted by atomic mass is 9.84. The first-order valence-corrected chi connectivity index (χ1v) is 6.82. The van der Waals surface area contributed by atoms with E-state index in [1.165, 1.54) is 37.9 Å². The molecule has 3 rings (SSSR count). The quantitative estimate of drug-likeness (QED) is 0.818. The Morgan fingerprint density at radius 2 is 1.72 bits per heavy atom. The largest absolute Gasteiger partial charge is 0.497 e. The number of methoxy groups -OCH3 is 1. The van der Waals surface area contributed by atoms with Crippen molar-refractivity contribution in [2.75, 3.05) is 33.4 Å². The third-order valence-electron chi connectivity index (χ3n) is 4.27. The van der Waals surface area contributed by atoms with E-state index < -0.39 is 0 Å². The lowest BCUT2D eigenvalue weighted by molar-refractivity contribution is -0.151. The van der Waals surface area contributed by atoms with Crippen LogP contribution in [-0.4, -0.2) is 38.3 Å². The number of nitrogens with zero attached hydrogens (tertiary/aromatic N) is 1. The lowest BCUT2D eigenvalue weighted by Crippen LogP contribution is -2.60. The Hall–Kier alpha value is -1.06. The number of ether oxygens (including phenoxy) is 2. The van der Waals surface area contributed by atoms with Crippen molar-refractivity contribution >= 4 is 0 Å². The molecule has 3 nitrogen and oxygen atoms in total. The lowest BCUT2D eigenvalue weighted by Gasteiger charge is -2.51. The van der Waals surface area contributed by atoms with E-state index in [9.17, 15) is 0 Å². The molecule has 0 aliphatic carbocycles. The Kier molecular flexibility index (Phi) is 3.27. The molecular weight excluding hydrogens is 226 g/mol. The molecule has 0 aromatic heterocycles. The fraction of sp³-hybridized carbons (Fsp3) is 0.600. The molecule has 18 heavy (non-hydrogen) atoms. The van der Waals surface area contributed by atoms with Gasteiger partial charge in [-0.25, -0.2) is 0 Å². The van der Waals surface area contributed by atoms with Gasteiger partial charge < -0.3 is 9.47 Å². The van der Waals surface area contributed by atoms with Gasteiger partial charge in [0.25, 0.3) is 0 Å². The smallest absolute Gasteiger partial charge is 0.118 e. The Bertz CT molecular complexity index is 391. The molecule has 3 heteroatoms. The number of hydrogen-bond acceptors (Lipinski definition) is 3. The fourth-order valence-electron chi connectivity index (χ4n) is 3.05. The monoisotopic (exact) mass is 247 g/mol. The summed E-state index contributed by atoms with van der Waals surface area (Å²) in [6, 6.07) is 8.49. The van der Waals surface area contributed by atoms with Crippen molar-refractivity contribution in [1.29, 1.82) is 0 Å². The third-order valence-corrected chi connectivity index (χ3v) is 4.27. The zero-order valence-electron chi connectivity index (χ0n) is 11.0.